The summed E-state index contributed by atoms with van der Waals surface area (Å²) < 4.78 is 31.5. The number of rotatable bonds is 7. The highest BCUT2D eigenvalue weighted by atomic mass is 32.2. The van der Waals surface area contributed by atoms with Crippen molar-refractivity contribution in [2.75, 3.05) is 14.1 Å². The van der Waals surface area contributed by atoms with Crippen molar-refractivity contribution < 1.29 is 17.9 Å². The third-order valence-electron chi connectivity index (χ3n) is 4.68. The van der Waals surface area contributed by atoms with E-state index in [1.165, 1.54) is 26.2 Å². The van der Waals surface area contributed by atoms with Crippen LogP contribution in [0.4, 0.5) is 0 Å². The van der Waals surface area contributed by atoms with E-state index in [0.29, 0.717) is 5.88 Å². The van der Waals surface area contributed by atoms with Crippen LogP contribution in [-0.4, -0.2) is 37.7 Å². The van der Waals surface area contributed by atoms with Gasteiger partial charge in [0.2, 0.25) is 15.9 Å². The zero-order valence-corrected chi connectivity index (χ0v) is 18.7. The van der Waals surface area contributed by atoms with E-state index in [0.717, 1.165) is 26.7 Å². The molecule has 0 saturated heterocycles. The average Bonchev–Trinajstić information content (AvgIpc) is 2.75. The highest BCUT2D eigenvalue weighted by Gasteiger charge is 2.18. The Balaban J connectivity index is 1.64. The van der Waals surface area contributed by atoms with Gasteiger partial charge in [-0.1, -0.05) is 24.3 Å². The lowest BCUT2D eigenvalue weighted by atomic mass is 10.1. The van der Waals surface area contributed by atoms with E-state index >= 15 is 0 Å². The average molecular weight is 440 g/mol. The van der Waals surface area contributed by atoms with Crippen molar-refractivity contribution in [2.45, 2.75) is 25.3 Å². The molecule has 0 unspecified atom stereocenters. The summed E-state index contributed by atoms with van der Waals surface area (Å²) in [5.41, 5.74) is 3.18. The van der Waals surface area contributed by atoms with Gasteiger partial charge in [0.1, 0.15) is 5.75 Å². The molecule has 0 bridgehead atoms. The van der Waals surface area contributed by atoms with Gasteiger partial charge in [-0.25, -0.2) is 17.7 Å². The van der Waals surface area contributed by atoms with E-state index in [4.69, 9.17) is 4.74 Å². The van der Waals surface area contributed by atoms with Crippen molar-refractivity contribution in [3.8, 4) is 11.6 Å². The summed E-state index contributed by atoms with van der Waals surface area (Å²) in [5.74, 6) is 0.845. The molecule has 3 aromatic rings. The van der Waals surface area contributed by atoms with Gasteiger partial charge >= 0.3 is 0 Å². The minimum atomic E-state index is -3.61. The third-order valence-corrected chi connectivity index (χ3v) is 6.49. The Morgan fingerprint density at radius 3 is 2.52 bits per heavy atom. The molecule has 0 aliphatic heterocycles. The number of sulfonamides is 1. The minimum Gasteiger partial charge on any atom is -0.439 e. The van der Waals surface area contributed by atoms with Gasteiger partial charge in [-0.05, 0) is 54.8 Å². The van der Waals surface area contributed by atoms with Crippen LogP contribution < -0.4 is 10.1 Å². The summed E-state index contributed by atoms with van der Waals surface area (Å²) >= 11 is 0. The van der Waals surface area contributed by atoms with Crippen LogP contribution in [0.25, 0.3) is 0 Å². The normalized spacial score (nSPS) is 11.4. The largest absolute Gasteiger partial charge is 0.439 e. The summed E-state index contributed by atoms with van der Waals surface area (Å²) in [6.45, 7) is 4.22. The monoisotopic (exact) mass is 439 g/mol. The molecule has 0 aliphatic rings. The number of aryl methyl sites for hydroxylation is 2. The van der Waals surface area contributed by atoms with Crippen LogP contribution in [0.1, 0.15) is 27.0 Å². The SMILES string of the molecule is Cc1ccc(C)c(Oc2ccc(CNC(=O)c3cccc(S(=O)(=O)N(C)C)c3)cn2)c1. The molecule has 0 aliphatic carbocycles. The molecule has 0 saturated carbocycles. The maximum Gasteiger partial charge on any atom is 0.251 e. The van der Waals surface area contributed by atoms with Gasteiger partial charge in [-0.15, -0.1) is 0 Å². The third kappa shape index (κ3) is 5.48. The molecule has 162 valence electrons. The van der Waals surface area contributed by atoms with Crippen LogP contribution in [0.15, 0.2) is 65.7 Å². The van der Waals surface area contributed by atoms with Crippen LogP contribution in [0.2, 0.25) is 0 Å². The number of nitrogens with zero attached hydrogens (tertiary/aromatic N) is 2. The highest BCUT2D eigenvalue weighted by Crippen LogP contribution is 2.24. The van der Waals surface area contributed by atoms with Crippen LogP contribution in [-0.2, 0) is 16.6 Å². The molecule has 1 amide bonds. The number of aromatic nitrogens is 1. The Morgan fingerprint density at radius 1 is 1.06 bits per heavy atom. The first-order chi connectivity index (χ1) is 14.7. The Labute approximate surface area is 182 Å². The molecular weight excluding hydrogens is 414 g/mol. The predicted molar refractivity (Wildman–Crippen MR) is 119 cm³/mol. The fraction of sp³-hybridized carbons (Fsp3) is 0.217. The Hall–Kier alpha value is -3.23. The van der Waals surface area contributed by atoms with Crippen molar-refractivity contribution in [1.82, 2.24) is 14.6 Å². The van der Waals surface area contributed by atoms with Crippen molar-refractivity contribution in [1.29, 1.82) is 0 Å². The zero-order chi connectivity index (χ0) is 22.6. The number of benzene rings is 2. The van der Waals surface area contributed by atoms with Crippen LogP contribution >= 0.6 is 0 Å². The highest BCUT2D eigenvalue weighted by molar-refractivity contribution is 7.89. The first-order valence-corrected chi connectivity index (χ1v) is 11.1. The number of nitrogens with one attached hydrogen (secondary N) is 1. The van der Waals surface area contributed by atoms with E-state index in [2.05, 4.69) is 10.3 Å². The minimum absolute atomic E-state index is 0.0692. The van der Waals surface area contributed by atoms with Gasteiger partial charge in [0.05, 0.1) is 4.90 Å². The molecule has 8 heteroatoms. The van der Waals surface area contributed by atoms with Crippen molar-refractivity contribution in [3.05, 3.63) is 83.0 Å². The number of hydrogen-bond acceptors (Lipinski definition) is 5. The first kappa shape index (κ1) is 22.5. The molecule has 1 heterocycles. The van der Waals surface area contributed by atoms with Crippen LogP contribution in [0.3, 0.4) is 0 Å². The lowest BCUT2D eigenvalue weighted by Crippen LogP contribution is -2.25. The second kappa shape index (κ2) is 9.28. The summed E-state index contributed by atoms with van der Waals surface area (Å²) in [5, 5.41) is 2.78. The summed E-state index contributed by atoms with van der Waals surface area (Å²) in [6.07, 6.45) is 1.63. The molecule has 3 rings (SSSR count). The van der Waals surface area contributed by atoms with E-state index < -0.39 is 10.0 Å². The van der Waals surface area contributed by atoms with Gasteiger partial charge < -0.3 is 10.1 Å². The van der Waals surface area contributed by atoms with E-state index in [9.17, 15) is 13.2 Å². The molecule has 31 heavy (non-hydrogen) atoms. The van der Waals surface area contributed by atoms with Gasteiger partial charge in [-0.3, -0.25) is 4.79 Å². The second-order valence-corrected chi connectivity index (χ2v) is 9.53. The Kier molecular flexibility index (Phi) is 6.72. The predicted octanol–water partition coefficient (Wildman–Crippen LogP) is 3.67. The van der Waals surface area contributed by atoms with Crippen LogP contribution in [0.5, 0.6) is 11.6 Å². The van der Waals surface area contributed by atoms with Crippen molar-refractivity contribution in [3.63, 3.8) is 0 Å². The molecule has 0 spiro atoms. The van der Waals surface area contributed by atoms with Gasteiger partial charge in [0.25, 0.3) is 5.91 Å². The molecule has 2 aromatic carbocycles. The zero-order valence-electron chi connectivity index (χ0n) is 17.9. The van der Waals surface area contributed by atoms with E-state index in [1.807, 2.05) is 38.1 Å². The molecule has 0 fully saturated rings. The van der Waals surface area contributed by atoms with Crippen molar-refractivity contribution in [2.24, 2.45) is 0 Å². The maximum atomic E-state index is 12.5. The molecular formula is C23H25N3O4S. The molecule has 1 N–H and O–H groups in total. The Morgan fingerprint density at radius 2 is 1.84 bits per heavy atom. The lowest BCUT2D eigenvalue weighted by Gasteiger charge is -2.12. The van der Waals surface area contributed by atoms with Gasteiger partial charge in [0, 0.05) is 38.5 Å². The number of hydrogen-bond donors (Lipinski definition) is 1. The quantitative estimate of drug-likeness (QED) is 0.607. The standard InChI is InChI=1S/C23H25N3O4S/c1-16-8-9-17(2)21(12-16)30-22-11-10-18(14-24-22)15-25-23(27)19-6-5-7-20(13-19)31(28,29)26(3)4/h5-14H,15H2,1-4H3,(H,25,27). The van der Waals surface area contributed by atoms with Gasteiger partial charge in [-0.2, -0.15) is 0 Å². The summed E-state index contributed by atoms with van der Waals surface area (Å²) in [7, 11) is -0.713. The van der Waals surface area contributed by atoms with E-state index in [-0.39, 0.29) is 22.9 Å². The fourth-order valence-corrected chi connectivity index (χ4v) is 3.75. The number of pyridine rings is 1. The second-order valence-electron chi connectivity index (χ2n) is 7.37. The molecule has 1 aromatic heterocycles. The fourth-order valence-electron chi connectivity index (χ4n) is 2.80. The Bertz CT molecular complexity index is 1190. The molecule has 7 nitrogen and oxygen atoms in total. The summed E-state index contributed by atoms with van der Waals surface area (Å²) in [4.78, 5) is 16.9. The number of ether oxygens (including phenoxy) is 1. The van der Waals surface area contributed by atoms with Crippen LogP contribution in [0, 0.1) is 13.8 Å². The maximum absolute atomic E-state index is 12.5. The van der Waals surface area contributed by atoms with Crippen molar-refractivity contribution >= 4 is 15.9 Å². The summed E-state index contributed by atoms with van der Waals surface area (Å²) in [6, 6.07) is 15.5. The smallest absolute Gasteiger partial charge is 0.251 e. The number of carbonyl (C=O) groups excluding carboxylic acids is 1. The topological polar surface area (TPSA) is 88.6 Å². The number of carbonyl (C=O) groups is 1. The molecule has 0 radical (unpaired) electrons. The lowest BCUT2D eigenvalue weighted by molar-refractivity contribution is 0.0950. The molecule has 0 atom stereocenters. The van der Waals surface area contributed by atoms with Gasteiger partial charge in [0.15, 0.2) is 0 Å². The number of amides is 1. The van der Waals surface area contributed by atoms with E-state index in [1.54, 1.807) is 24.4 Å². The first-order valence-electron chi connectivity index (χ1n) is 9.67.